The molecule has 1 fully saturated rings. The molecule has 0 aromatic rings. The number of rotatable bonds is 4. The van der Waals surface area contributed by atoms with Crippen LogP contribution in [0.3, 0.4) is 0 Å². The topological polar surface area (TPSA) is 52.2 Å². The first kappa shape index (κ1) is 15.5. The number of carbonyl (C=O) groups excluding carboxylic acids is 1. The molecule has 0 saturated heterocycles. The van der Waals surface area contributed by atoms with Crippen LogP contribution in [0.15, 0.2) is 36.2 Å². The summed E-state index contributed by atoms with van der Waals surface area (Å²) in [6.07, 6.45) is 10.5. The minimum atomic E-state index is -1.03. The van der Waals surface area contributed by atoms with Crippen LogP contribution in [0.5, 0.6) is 0 Å². The predicted octanol–water partition coefficient (Wildman–Crippen LogP) is -1.95. The first-order chi connectivity index (χ1) is 8.18. The Bertz CT molecular complexity index is 398. The van der Waals surface area contributed by atoms with Gasteiger partial charge in [0.2, 0.25) is 0 Å². The predicted molar refractivity (Wildman–Crippen MR) is 60.3 cm³/mol. The Balaban J connectivity index is 0.00000162. The molecule has 1 N–H and O–H groups in total. The van der Waals surface area contributed by atoms with E-state index in [-0.39, 0.29) is 35.0 Å². The summed E-state index contributed by atoms with van der Waals surface area (Å²) in [6.45, 7) is -0.438. The molecule has 0 spiro atoms. The van der Waals surface area contributed by atoms with Crippen LogP contribution in [0.4, 0.5) is 4.39 Å². The molecule has 1 aliphatic carbocycles. The van der Waals surface area contributed by atoms with E-state index in [0.29, 0.717) is 19.3 Å². The molecule has 2 rings (SSSR count). The van der Waals surface area contributed by atoms with Crippen molar-refractivity contribution >= 4 is 5.97 Å². The number of carboxylic acids is 1. The minimum Gasteiger partial charge on any atom is -0.550 e. The third-order valence-electron chi connectivity index (χ3n) is 3.57. The van der Waals surface area contributed by atoms with Gasteiger partial charge in [-0.25, -0.2) is 0 Å². The van der Waals surface area contributed by atoms with Gasteiger partial charge in [0.1, 0.15) is 0 Å². The van der Waals surface area contributed by atoms with E-state index in [1.807, 2.05) is 24.3 Å². The number of allylic oxidation sites excluding steroid dienone is 5. The van der Waals surface area contributed by atoms with Crippen LogP contribution < -0.4 is 40.0 Å². The Morgan fingerprint density at radius 3 is 2.78 bits per heavy atom. The molecule has 1 saturated carbocycles. The van der Waals surface area contributed by atoms with Gasteiger partial charge >= 0.3 is 29.6 Å². The summed E-state index contributed by atoms with van der Waals surface area (Å²) in [4.78, 5) is 10.8. The zero-order valence-electron chi connectivity index (χ0n) is 10.5. The van der Waals surface area contributed by atoms with Gasteiger partial charge in [-0.3, -0.25) is 4.39 Å². The minimum absolute atomic E-state index is 0. The zero-order chi connectivity index (χ0) is 12.3. The fourth-order valence-corrected chi connectivity index (χ4v) is 2.58. The van der Waals surface area contributed by atoms with E-state index in [2.05, 4.69) is 5.32 Å². The van der Waals surface area contributed by atoms with Crippen molar-refractivity contribution in [3.05, 3.63) is 36.2 Å². The molecule has 0 aromatic carbocycles. The summed E-state index contributed by atoms with van der Waals surface area (Å²) in [5.41, 5.74) is 0.538. The second-order valence-electron chi connectivity index (χ2n) is 4.61. The molecule has 18 heavy (non-hydrogen) atoms. The Morgan fingerprint density at radius 2 is 2.17 bits per heavy atom. The van der Waals surface area contributed by atoms with Crippen LogP contribution in [0.2, 0.25) is 0 Å². The summed E-state index contributed by atoms with van der Waals surface area (Å²) >= 11 is 0. The summed E-state index contributed by atoms with van der Waals surface area (Å²) in [5.74, 6) is -1.47. The van der Waals surface area contributed by atoms with Crippen molar-refractivity contribution in [3.63, 3.8) is 0 Å². The van der Waals surface area contributed by atoms with Gasteiger partial charge in [-0.15, -0.1) is 0 Å². The van der Waals surface area contributed by atoms with E-state index in [1.165, 1.54) is 0 Å². The summed E-state index contributed by atoms with van der Waals surface area (Å²) < 4.78 is 12.6. The molecule has 0 aromatic heterocycles. The summed E-state index contributed by atoms with van der Waals surface area (Å²) in [7, 11) is 0. The molecule has 5 heteroatoms. The zero-order valence-corrected chi connectivity index (χ0v) is 12.5. The van der Waals surface area contributed by atoms with Gasteiger partial charge in [0.15, 0.2) is 0 Å². The van der Waals surface area contributed by atoms with Crippen LogP contribution >= 0.6 is 0 Å². The Kier molecular flexibility index (Phi) is 5.63. The molecule has 0 amide bonds. The van der Waals surface area contributed by atoms with Crippen molar-refractivity contribution in [2.24, 2.45) is 11.3 Å². The van der Waals surface area contributed by atoms with Gasteiger partial charge in [-0.2, -0.15) is 0 Å². The van der Waals surface area contributed by atoms with Crippen molar-refractivity contribution in [3.8, 4) is 0 Å². The van der Waals surface area contributed by atoms with E-state index in [4.69, 9.17) is 0 Å². The third kappa shape index (κ3) is 3.05. The van der Waals surface area contributed by atoms with Crippen LogP contribution in [-0.2, 0) is 4.79 Å². The molecule has 1 aliphatic heterocycles. The molecule has 92 valence electrons. The molecular formula is C13H15FNNaO2. The third-order valence-corrected chi connectivity index (χ3v) is 3.57. The van der Waals surface area contributed by atoms with E-state index >= 15 is 0 Å². The number of carbonyl (C=O) groups is 1. The van der Waals surface area contributed by atoms with Gasteiger partial charge in [-0.05, 0) is 31.4 Å². The van der Waals surface area contributed by atoms with Crippen molar-refractivity contribution in [2.75, 3.05) is 6.67 Å². The monoisotopic (exact) mass is 259 g/mol. The van der Waals surface area contributed by atoms with Crippen molar-refractivity contribution in [1.82, 2.24) is 5.32 Å². The first-order valence-corrected chi connectivity index (χ1v) is 5.75. The largest absolute Gasteiger partial charge is 1.00 e. The van der Waals surface area contributed by atoms with Crippen molar-refractivity contribution in [1.29, 1.82) is 0 Å². The number of carboxylic acid groups (broad SMARTS) is 1. The van der Waals surface area contributed by atoms with Crippen LogP contribution in [0.1, 0.15) is 19.3 Å². The van der Waals surface area contributed by atoms with E-state index in [0.717, 1.165) is 5.70 Å². The van der Waals surface area contributed by atoms with Crippen LogP contribution in [-0.4, -0.2) is 12.6 Å². The normalized spacial score (nSPS) is 29.4. The number of hydrogen-bond acceptors (Lipinski definition) is 3. The average molecular weight is 259 g/mol. The maximum absolute atomic E-state index is 12.6. The number of hydrogen-bond donors (Lipinski definition) is 1. The second-order valence-corrected chi connectivity index (χ2v) is 4.61. The maximum atomic E-state index is 12.6. The second kappa shape index (κ2) is 6.55. The molecule has 0 atom stereocenters. The first-order valence-electron chi connectivity index (χ1n) is 5.75. The van der Waals surface area contributed by atoms with Crippen LogP contribution in [0, 0.1) is 11.3 Å². The molecule has 0 radical (unpaired) electrons. The van der Waals surface area contributed by atoms with Gasteiger partial charge in [-0.1, -0.05) is 12.2 Å². The standard InChI is InChI=1S/C13H16FNO2.Na/c14-6-5-13(8-10(9-13)12(16)17)11-4-2-1-3-7-15-11;/h1-4,7,10,15H,5-6,8-9H2,(H,16,17);/q;+1/p-1. The Hall–Kier alpha value is -0.580. The summed E-state index contributed by atoms with van der Waals surface area (Å²) in [6, 6.07) is 0. The molecule has 1 heterocycles. The van der Waals surface area contributed by atoms with Crippen molar-refractivity contribution in [2.45, 2.75) is 19.3 Å². The molecule has 0 bridgehead atoms. The van der Waals surface area contributed by atoms with Crippen molar-refractivity contribution < 1.29 is 43.8 Å². The quantitative estimate of drug-likeness (QED) is 0.597. The van der Waals surface area contributed by atoms with Gasteiger partial charge in [0, 0.05) is 29.2 Å². The van der Waals surface area contributed by atoms with E-state index < -0.39 is 18.6 Å². The average Bonchev–Trinajstić information content (AvgIpc) is 2.51. The Morgan fingerprint density at radius 1 is 1.44 bits per heavy atom. The number of alkyl halides is 1. The molecule has 3 nitrogen and oxygen atoms in total. The fourth-order valence-electron chi connectivity index (χ4n) is 2.58. The van der Waals surface area contributed by atoms with Gasteiger partial charge < -0.3 is 15.2 Å². The number of halogens is 1. The van der Waals surface area contributed by atoms with E-state index in [1.54, 1.807) is 6.20 Å². The molecule has 0 unspecified atom stereocenters. The SMILES string of the molecule is O=C([O-])C1CC(CCF)(C2=CC=CC=CN2)C1.[Na+]. The molecule has 2 aliphatic rings. The van der Waals surface area contributed by atoms with Crippen LogP contribution in [0.25, 0.3) is 0 Å². The summed E-state index contributed by atoms with van der Waals surface area (Å²) in [5, 5.41) is 13.9. The van der Waals surface area contributed by atoms with Gasteiger partial charge in [0.05, 0.1) is 6.67 Å². The smallest absolute Gasteiger partial charge is 0.550 e. The van der Waals surface area contributed by atoms with Gasteiger partial charge in [0.25, 0.3) is 0 Å². The molecular weight excluding hydrogens is 244 g/mol. The number of aliphatic carboxylic acids is 1. The number of nitrogens with one attached hydrogen (secondary N) is 1. The Labute approximate surface area is 128 Å². The maximum Gasteiger partial charge on any atom is 1.00 e. The van der Waals surface area contributed by atoms with E-state index in [9.17, 15) is 14.3 Å². The fraction of sp³-hybridized carbons (Fsp3) is 0.462.